The number of amides is 2. The van der Waals surface area contributed by atoms with Crippen molar-refractivity contribution in [1.82, 2.24) is 10.2 Å². The zero-order chi connectivity index (χ0) is 34.1. The lowest BCUT2D eigenvalue weighted by atomic mass is 10.0. The van der Waals surface area contributed by atoms with Gasteiger partial charge in [-0.2, -0.15) is 0 Å². The van der Waals surface area contributed by atoms with Crippen LogP contribution in [0.2, 0.25) is 0 Å². The predicted octanol–water partition coefficient (Wildman–Crippen LogP) is 6.82. The fraction of sp³-hybridized carbons (Fsp3) is 0.297. The highest BCUT2D eigenvalue weighted by Crippen LogP contribution is 2.31. The van der Waals surface area contributed by atoms with Crippen molar-refractivity contribution in [1.29, 1.82) is 0 Å². The summed E-state index contributed by atoms with van der Waals surface area (Å²) >= 11 is 3.40. The molecule has 4 aromatic carbocycles. The lowest BCUT2D eigenvalue weighted by Crippen LogP contribution is -2.54. The van der Waals surface area contributed by atoms with Crippen LogP contribution < -0.4 is 14.4 Å². The number of ether oxygens (including phenoxy) is 1. The van der Waals surface area contributed by atoms with Gasteiger partial charge in [0, 0.05) is 19.0 Å². The van der Waals surface area contributed by atoms with Gasteiger partial charge in [-0.15, -0.1) is 0 Å². The molecule has 0 aliphatic heterocycles. The Labute approximate surface area is 286 Å². The molecule has 0 bridgehead atoms. The van der Waals surface area contributed by atoms with E-state index in [0.717, 1.165) is 26.6 Å². The number of anilines is 1. The van der Waals surface area contributed by atoms with E-state index in [0.29, 0.717) is 22.3 Å². The fourth-order valence-corrected chi connectivity index (χ4v) is 7.27. The Morgan fingerprint density at radius 1 is 0.915 bits per heavy atom. The van der Waals surface area contributed by atoms with E-state index >= 15 is 0 Å². The van der Waals surface area contributed by atoms with Crippen molar-refractivity contribution in [2.75, 3.05) is 18.0 Å². The van der Waals surface area contributed by atoms with Crippen molar-refractivity contribution < 1.29 is 22.7 Å². The van der Waals surface area contributed by atoms with Gasteiger partial charge in [-0.3, -0.25) is 13.9 Å². The zero-order valence-corrected chi connectivity index (χ0v) is 29.8. The van der Waals surface area contributed by atoms with E-state index in [9.17, 15) is 18.0 Å². The van der Waals surface area contributed by atoms with E-state index < -0.39 is 28.5 Å². The molecule has 1 N–H and O–H groups in total. The summed E-state index contributed by atoms with van der Waals surface area (Å²) in [5, 5.41) is 3.07. The number of sulfonamides is 1. The van der Waals surface area contributed by atoms with Crippen LogP contribution in [0.1, 0.15) is 42.5 Å². The molecule has 8 nitrogen and oxygen atoms in total. The summed E-state index contributed by atoms with van der Waals surface area (Å²) in [6.07, 6.45) is 0.968. The number of carbonyl (C=O) groups is 2. The molecule has 4 rings (SSSR count). The molecule has 0 heterocycles. The molecule has 10 heteroatoms. The minimum atomic E-state index is -4.25. The summed E-state index contributed by atoms with van der Waals surface area (Å²) in [5.74, 6) is -0.332. The normalized spacial score (nSPS) is 12.6. The summed E-state index contributed by atoms with van der Waals surface area (Å²) in [6, 6.07) is 27.6. The summed E-state index contributed by atoms with van der Waals surface area (Å²) in [6.45, 7) is 7.35. The van der Waals surface area contributed by atoms with Crippen molar-refractivity contribution in [3.8, 4) is 5.75 Å². The Kier molecular flexibility index (Phi) is 12.2. The van der Waals surface area contributed by atoms with Crippen LogP contribution in [0.5, 0.6) is 5.75 Å². The van der Waals surface area contributed by atoms with Gasteiger partial charge in [0.2, 0.25) is 11.8 Å². The standard InChI is InChI=1S/C37H42BrN3O5S/c1-6-28(4)39-37(43)34(22-29-13-8-7-9-14-29)40(24-30-15-11-10-12-27(30)3)36(42)25-41(31-18-16-26(2)17-19-31)47(44,45)32-20-21-35(46-5)33(38)23-32/h7-21,23,28,34H,6,22,24-25H2,1-5H3,(H,39,43)/t28-,34+/m1/s1. The monoisotopic (exact) mass is 719 g/mol. The van der Waals surface area contributed by atoms with Gasteiger partial charge in [-0.1, -0.05) is 79.2 Å². The minimum absolute atomic E-state index is 0.0145. The Bertz CT molecular complexity index is 1780. The number of carbonyl (C=O) groups excluding carboxylic acids is 2. The molecule has 4 aromatic rings. The summed E-state index contributed by atoms with van der Waals surface area (Å²) in [7, 11) is -2.75. The Balaban J connectivity index is 1.83. The van der Waals surface area contributed by atoms with E-state index in [-0.39, 0.29) is 29.8 Å². The number of nitrogens with zero attached hydrogens (tertiary/aromatic N) is 2. The third-order valence-electron chi connectivity index (χ3n) is 8.19. The third-order valence-corrected chi connectivity index (χ3v) is 10.6. The van der Waals surface area contributed by atoms with Gasteiger partial charge in [0.15, 0.2) is 0 Å². The molecule has 47 heavy (non-hydrogen) atoms. The molecule has 0 radical (unpaired) electrons. The second-order valence-electron chi connectivity index (χ2n) is 11.6. The molecule has 0 unspecified atom stereocenters. The number of hydrogen-bond acceptors (Lipinski definition) is 5. The zero-order valence-electron chi connectivity index (χ0n) is 27.4. The van der Waals surface area contributed by atoms with Gasteiger partial charge in [0.25, 0.3) is 10.0 Å². The van der Waals surface area contributed by atoms with Crippen LogP contribution in [0, 0.1) is 13.8 Å². The van der Waals surface area contributed by atoms with Crippen LogP contribution >= 0.6 is 15.9 Å². The molecule has 0 aromatic heterocycles. The summed E-state index contributed by atoms with van der Waals surface area (Å²) in [5.41, 5.74) is 3.97. The second kappa shape index (κ2) is 16.1. The molecule has 0 saturated carbocycles. The molecule has 0 aliphatic carbocycles. The highest BCUT2D eigenvalue weighted by atomic mass is 79.9. The number of halogens is 1. The quantitative estimate of drug-likeness (QED) is 0.154. The van der Waals surface area contributed by atoms with Crippen LogP contribution in [0.4, 0.5) is 5.69 Å². The second-order valence-corrected chi connectivity index (χ2v) is 14.3. The smallest absolute Gasteiger partial charge is 0.264 e. The Morgan fingerprint density at radius 3 is 2.19 bits per heavy atom. The van der Waals surface area contributed by atoms with E-state index in [1.54, 1.807) is 30.3 Å². The minimum Gasteiger partial charge on any atom is -0.496 e. The summed E-state index contributed by atoms with van der Waals surface area (Å²) < 4.78 is 35.6. The number of nitrogens with one attached hydrogen (secondary N) is 1. The van der Waals surface area contributed by atoms with Crippen molar-refractivity contribution in [3.05, 3.63) is 124 Å². The van der Waals surface area contributed by atoms with Gasteiger partial charge in [0.1, 0.15) is 18.3 Å². The molecule has 0 aliphatic rings. The molecular formula is C37H42BrN3O5S. The van der Waals surface area contributed by atoms with E-state index in [1.807, 2.05) is 82.3 Å². The van der Waals surface area contributed by atoms with Crippen LogP contribution in [0.3, 0.4) is 0 Å². The van der Waals surface area contributed by atoms with Crippen molar-refractivity contribution in [2.24, 2.45) is 0 Å². The van der Waals surface area contributed by atoms with Gasteiger partial charge < -0.3 is 15.0 Å². The topological polar surface area (TPSA) is 96.0 Å². The van der Waals surface area contributed by atoms with Gasteiger partial charge >= 0.3 is 0 Å². The van der Waals surface area contributed by atoms with Crippen LogP contribution in [0.15, 0.2) is 106 Å². The van der Waals surface area contributed by atoms with Crippen LogP contribution in [-0.2, 0) is 32.6 Å². The SMILES string of the molecule is CC[C@@H](C)NC(=O)[C@H](Cc1ccccc1)N(Cc1ccccc1C)C(=O)CN(c1ccc(C)cc1)S(=O)(=O)c1ccc(OC)c(Br)c1. The van der Waals surface area contributed by atoms with E-state index in [1.165, 1.54) is 24.1 Å². The Morgan fingerprint density at radius 2 is 1.57 bits per heavy atom. The molecular weight excluding hydrogens is 678 g/mol. The predicted molar refractivity (Wildman–Crippen MR) is 190 cm³/mol. The molecule has 0 saturated heterocycles. The highest BCUT2D eigenvalue weighted by Gasteiger charge is 2.35. The molecule has 2 atom stereocenters. The van der Waals surface area contributed by atoms with Crippen molar-refractivity contribution in [2.45, 2.75) is 64.1 Å². The van der Waals surface area contributed by atoms with Crippen LogP contribution in [0.25, 0.3) is 0 Å². The first-order valence-corrected chi connectivity index (χ1v) is 17.8. The maximum absolute atomic E-state index is 14.7. The van der Waals surface area contributed by atoms with Crippen molar-refractivity contribution >= 4 is 43.5 Å². The van der Waals surface area contributed by atoms with Gasteiger partial charge in [0.05, 0.1) is 22.2 Å². The Hall–Kier alpha value is -4.15. The number of benzene rings is 4. The number of hydrogen-bond donors (Lipinski definition) is 1. The fourth-order valence-electron chi connectivity index (χ4n) is 5.14. The van der Waals surface area contributed by atoms with Gasteiger partial charge in [-0.25, -0.2) is 8.42 Å². The lowest BCUT2D eigenvalue weighted by molar-refractivity contribution is -0.140. The van der Waals surface area contributed by atoms with Crippen LogP contribution in [-0.4, -0.2) is 50.9 Å². The van der Waals surface area contributed by atoms with E-state index in [2.05, 4.69) is 21.2 Å². The summed E-state index contributed by atoms with van der Waals surface area (Å²) in [4.78, 5) is 30.2. The van der Waals surface area contributed by atoms with E-state index in [4.69, 9.17) is 4.74 Å². The largest absolute Gasteiger partial charge is 0.496 e. The molecule has 0 fully saturated rings. The van der Waals surface area contributed by atoms with Crippen molar-refractivity contribution in [3.63, 3.8) is 0 Å². The maximum Gasteiger partial charge on any atom is 0.264 e. The number of methoxy groups -OCH3 is 1. The average Bonchev–Trinajstić information content (AvgIpc) is 3.06. The molecule has 248 valence electrons. The number of rotatable bonds is 14. The molecule has 2 amide bonds. The first-order chi connectivity index (χ1) is 22.4. The average molecular weight is 721 g/mol. The third kappa shape index (κ3) is 9.02. The number of aryl methyl sites for hydroxylation is 2. The lowest BCUT2D eigenvalue weighted by Gasteiger charge is -2.34. The maximum atomic E-state index is 14.7. The van der Waals surface area contributed by atoms with Gasteiger partial charge in [-0.05, 0) is 90.1 Å². The first kappa shape index (κ1) is 35.7. The first-order valence-electron chi connectivity index (χ1n) is 15.6. The highest BCUT2D eigenvalue weighted by molar-refractivity contribution is 9.10. The molecule has 0 spiro atoms.